The van der Waals surface area contributed by atoms with Crippen LogP contribution in [0.25, 0.3) is 0 Å². The minimum Gasteiger partial charge on any atom is -0.373 e. The second-order valence-electron chi connectivity index (χ2n) is 8.42. The summed E-state index contributed by atoms with van der Waals surface area (Å²) in [4.78, 5) is 21.7. The molecule has 2 aliphatic rings. The van der Waals surface area contributed by atoms with E-state index in [-0.39, 0.29) is 24.0 Å². The normalized spacial score (nSPS) is 25.9. The molecule has 1 amide bonds. The van der Waals surface area contributed by atoms with Crippen molar-refractivity contribution in [2.45, 2.75) is 58.3 Å². The maximum Gasteiger partial charge on any atom is 0.253 e. The molecule has 3 heterocycles. The zero-order valence-electron chi connectivity index (χ0n) is 17.5. The van der Waals surface area contributed by atoms with Crippen molar-refractivity contribution in [2.24, 2.45) is 0 Å². The van der Waals surface area contributed by atoms with Gasteiger partial charge in [-0.3, -0.25) is 9.69 Å². The van der Waals surface area contributed by atoms with E-state index in [1.165, 1.54) is 5.56 Å². The van der Waals surface area contributed by atoms with E-state index in [0.717, 1.165) is 44.6 Å². The van der Waals surface area contributed by atoms with Gasteiger partial charge in [-0.2, -0.15) is 4.98 Å². The Balaban J connectivity index is 1.37. The minimum absolute atomic E-state index is 0.0751. The highest BCUT2D eigenvalue weighted by atomic mass is 16.5. The summed E-state index contributed by atoms with van der Waals surface area (Å²) >= 11 is 0. The number of ether oxygens (including phenoxy) is 1. The molecule has 2 saturated heterocycles. The molecule has 1 aromatic heterocycles. The van der Waals surface area contributed by atoms with E-state index in [2.05, 4.69) is 41.0 Å². The first-order chi connectivity index (χ1) is 14.0. The zero-order chi connectivity index (χ0) is 20.4. The summed E-state index contributed by atoms with van der Waals surface area (Å²) < 4.78 is 11.1. The standard InChI is InChI=1S/C22H30N4O3/c1-15-11-25(12-16(2)28-15)13-18-6-8-19(9-7-18)22(27)26-10-4-5-20(14-26)21-23-17(3)24-29-21/h6-9,15-16,20H,4-5,10-14H2,1-3H3. The Morgan fingerprint density at radius 1 is 1.14 bits per heavy atom. The third kappa shape index (κ3) is 4.85. The lowest BCUT2D eigenvalue weighted by atomic mass is 9.97. The summed E-state index contributed by atoms with van der Waals surface area (Å²) in [6.07, 6.45) is 2.44. The lowest BCUT2D eigenvalue weighted by Crippen LogP contribution is -2.44. The Hall–Kier alpha value is -2.25. The number of aromatic nitrogens is 2. The van der Waals surface area contributed by atoms with Crippen LogP contribution in [0.3, 0.4) is 0 Å². The SMILES string of the molecule is Cc1noc(C2CCCN(C(=O)c3ccc(CN4CC(C)OC(C)C4)cc3)C2)n1. The Bertz CT molecular complexity index is 825. The summed E-state index contributed by atoms with van der Waals surface area (Å²) in [5, 5.41) is 3.89. The van der Waals surface area contributed by atoms with Crippen LogP contribution in [0.1, 0.15) is 60.2 Å². The molecule has 3 unspecified atom stereocenters. The van der Waals surface area contributed by atoms with Gasteiger partial charge in [-0.05, 0) is 51.3 Å². The number of aryl methyl sites for hydroxylation is 1. The van der Waals surface area contributed by atoms with Crippen LogP contribution >= 0.6 is 0 Å². The van der Waals surface area contributed by atoms with E-state index in [1.807, 2.05) is 24.0 Å². The molecule has 0 bridgehead atoms. The van der Waals surface area contributed by atoms with Crippen LogP contribution in [-0.2, 0) is 11.3 Å². The molecule has 29 heavy (non-hydrogen) atoms. The number of rotatable bonds is 4. The van der Waals surface area contributed by atoms with Crippen molar-refractivity contribution in [2.75, 3.05) is 26.2 Å². The molecule has 2 fully saturated rings. The van der Waals surface area contributed by atoms with Gasteiger partial charge in [-0.15, -0.1) is 0 Å². The monoisotopic (exact) mass is 398 g/mol. The topological polar surface area (TPSA) is 71.7 Å². The van der Waals surface area contributed by atoms with Gasteiger partial charge >= 0.3 is 0 Å². The largest absolute Gasteiger partial charge is 0.373 e. The van der Waals surface area contributed by atoms with Gasteiger partial charge in [0.25, 0.3) is 5.91 Å². The Morgan fingerprint density at radius 2 is 1.86 bits per heavy atom. The molecular weight excluding hydrogens is 368 g/mol. The Labute approximate surface area is 172 Å². The number of hydrogen-bond donors (Lipinski definition) is 0. The van der Waals surface area contributed by atoms with Crippen LogP contribution < -0.4 is 0 Å². The fraction of sp³-hybridized carbons (Fsp3) is 0.591. The maximum atomic E-state index is 13.0. The van der Waals surface area contributed by atoms with Crippen molar-refractivity contribution < 1.29 is 14.1 Å². The van der Waals surface area contributed by atoms with Gasteiger partial charge < -0.3 is 14.2 Å². The zero-order valence-corrected chi connectivity index (χ0v) is 17.5. The van der Waals surface area contributed by atoms with Gasteiger partial charge in [0.1, 0.15) is 0 Å². The number of carbonyl (C=O) groups excluding carboxylic acids is 1. The second-order valence-corrected chi connectivity index (χ2v) is 8.42. The van der Waals surface area contributed by atoms with Gasteiger partial charge in [0, 0.05) is 38.3 Å². The Morgan fingerprint density at radius 3 is 2.52 bits per heavy atom. The van der Waals surface area contributed by atoms with Crippen molar-refractivity contribution in [3.05, 3.63) is 47.1 Å². The van der Waals surface area contributed by atoms with E-state index in [0.29, 0.717) is 18.3 Å². The van der Waals surface area contributed by atoms with E-state index in [1.54, 1.807) is 0 Å². The van der Waals surface area contributed by atoms with Crippen molar-refractivity contribution in [1.82, 2.24) is 19.9 Å². The molecule has 7 nitrogen and oxygen atoms in total. The summed E-state index contributed by atoms with van der Waals surface area (Å²) in [5.41, 5.74) is 1.96. The number of likely N-dealkylation sites (tertiary alicyclic amines) is 1. The highest BCUT2D eigenvalue weighted by Gasteiger charge is 2.29. The van der Waals surface area contributed by atoms with Gasteiger partial charge in [0.2, 0.25) is 5.89 Å². The molecule has 3 atom stereocenters. The quantitative estimate of drug-likeness (QED) is 0.788. The molecule has 1 aromatic carbocycles. The molecular formula is C22H30N4O3. The molecule has 0 N–H and O–H groups in total. The molecule has 0 spiro atoms. The smallest absolute Gasteiger partial charge is 0.253 e. The number of amides is 1. The summed E-state index contributed by atoms with van der Waals surface area (Å²) in [6, 6.07) is 8.04. The third-order valence-electron chi connectivity index (χ3n) is 5.70. The molecule has 0 aliphatic carbocycles. The minimum atomic E-state index is 0.0751. The van der Waals surface area contributed by atoms with Gasteiger partial charge in [0.05, 0.1) is 18.1 Å². The van der Waals surface area contributed by atoms with Crippen LogP contribution in [0.5, 0.6) is 0 Å². The van der Waals surface area contributed by atoms with E-state index >= 15 is 0 Å². The first-order valence-electron chi connectivity index (χ1n) is 10.5. The number of carbonyl (C=O) groups is 1. The van der Waals surface area contributed by atoms with Gasteiger partial charge in [-0.1, -0.05) is 17.3 Å². The van der Waals surface area contributed by atoms with Crippen LogP contribution in [0, 0.1) is 6.92 Å². The predicted molar refractivity (Wildman–Crippen MR) is 109 cm³/mol. The highest BCUT2D eigenvalue weighted by molar-refractivity contribution is 5.94. The van der Waals surface area contributed by atoms with Crippen molar-refractivity contribution in [3.63, 3.8) is 0 Å². The molecule has 0 saturated carbocycles. The third-order valence-corrected chi connectivity index (χ3v) is 5.70. The van der Waals surface area contributed by atoms with Crippen molar-refractivity contribution in [1.29, 1.82) is 0 Å². The van der Waals surface area contributed by atoms with Gasteiger partial charge in [0.15, 0.2) is 5.82 Å². The summed E-state index contributed by atoms with van der Waals surface area (Å²) in [7, 11) is 0. The summed E-state index contributed by atoms with van der Waals surface area (Å²) in [6.45, 7) is 10.2. The van der Waals surface area contributed by atoms with Crippen LogP contribution in [0.15, 0.2) is 28.8 Å². The lowest BCUT2D eigenvalue weighted by molar-refractivity contribution is -0.0704. The van der Waals surface area contributed by atoms with Crippen LogP contribution in [0.2, 0.25) is 0 Å². The molecule has 156 valence electrons. The second kappa shape index (κ2) is 8.63. The van der Waals surface area contributed by atoms with E-state index in [4.69, 9.17) is 9.26 Å². The molecule has 4 rings (SSSR count). The molecule has 7 heteroatoms. The van der Waals surface area contributed by atoms with Gasteiger partial charge in [-0.25, -0.2) is 0 Å². The highest BCUT2D eigenvalue weighted by Crippen LogP contribution is 2.26. The number of nitrogens with zero attached hydrogens (tertiary/aromatic N) is 4. The summed E-state index contributed by atoms with van der Waals surface area (Å²) in [5.74, 6) is 1.48. The van der Waals surface area contributed by atoms with E-state index < -0.39 is 0 Å². The maximum absolute atomic E-state index is 13.0. The molecule has 2 aromatic rings. The average Bonchev–Trinajstić information content (AvgIpc) is 3.14. The van der Waals surface area contributed by atoms with Crippen LogP contribution in [0.4, 0.5) is 0 Å². The van der Waals surface area contributed by atoms with Crippen LogP contribution in [-0.4, -0.2) is 64.2 Å². The average molecular weight is 399 g/mol. The van der Waals surface area contributed by atoms with Crippen molar-refractivity contribution >= 4 is 5.91 Å². The lowest BCUT2D eigenvalue weighted by Gasteiger charge is -2.35. The Kier molecular flexibility index (Phi) is 5.96. The number of benzene rings is 1. The first-order valence-corrected chi connectivity index (χ1v) is 10.5. The number of hydrogen-bond acceptors (Lipinski definition) is 6. The fourth-order valence-corrected chi connectivity index (χ4v) is 4.45. The first kappa shape index (κ1) is 20.0. The molecule has 2 aliphatic heterocycles. The molecule has 0 radical (unpaired) electrons. The number of piperidine rings is 1. The van der Waals surface area contributed by atoms with E-state index in [9.17, 15) is 4.79 Å². The number of morpholine rings is 1. The van der Waals surface area contributed by atoms with Crippen molar-refractivity contribution in [3.8, 4) is 0 Å². The fourth-order valence-electron chi connectivity index (χ4n) is 4.45. The predicted octanol–water partition coefficient (Wildman–Crippen LogP) is 3.01.